The van der Waals surface area contributed by atoms with E-state index in [1.807, 2.05) is 0 Å². The lowest BCUT2D eigenvalue weighted by Crippen LogP contribution is -2.38. The number of amides is 1. The third-order valence-electron chi connectivity index (χ3n) is 3.61. The van der Waals surface area contributed by atoms with Crippen molar-refractivity contribution in [3.63, 3.8) is 0 Å². The van der Waals surface area contributed by atoms with Gasteiger partial charge >= 0.3 is 0 Å². The number of carbonyl (C=O) groups excluding carboxylic acids is 1. The average molecular weight is 275 g/mol. The molecule has 2 aromatic heterocycles. The van der Waals surface area contributed by atoms with E-state index in [4.69, 9.17) is 0 Å². The van der Waals surface area contributed by atoms with Crippen molar-refractivity contribution in [2.75, 3.05) is 13.2 Å². The lowest BCUT2D eigenvalue weighted by Gasteiger charge is -2.23. The molecule has 1 amide bonds. The molecule has 0 spiro atoms. The normalized spacial score (nSPS) is 22.4. The van der Waals surface area contributed by atoms with Gasteiger partial charge in [0.25, 0.3) is 5.91 Å². The molecule has 0 bridgehead atoms. The molecule has 3 heterocycles. The number of pyridine rings is 2. The molecule has 2 aromatic rings. The van der Waals surface area contributed by atoms with E-state index >= 15 is 0 Å². The number of aliphatic hydroxyl groups excluding tert-OH is 1. The largest absolute Gasteiger partial charge is 0.394 e. The number of likely N-dealkylation sites (tertiary alicyclic amines) is 1. The molecule has 5 nitrogen and oxygen atoms in total. The number of aliphatic hydroxyl groups is 1. The Balaban J connectivity index is 2.00. The zero-order valence-electron chi connectivity index (χ0n) is 10.7. The molecular weight excluding hydrogens is 261 g/mol. The fourth-order valence-corrected chi connectivity index (χ4v) is 2.61. The lowest BCUT2D eigenvalue weighted by molar-refractivity contribution is 0.0675. The van der Waals surface area contributed by atoms with E-state index in [1.54, 1.807) is 30.7 Å². The number of carbonyl (C=O) groups is 1. The van der Waals surface area contributed by atoms with Crippen LogP contribution < -0.4 is 0 Å². The third-order valence-corrected chi connectivity index (χ3v) is 3.61. The van der Waals surface area contributed by atoms with Crippen molar-refractivity contribution in [3.8, 4) is 0 Å². The molecule has 0 aromatic carbocycles. The average Bonchev–Trinajstić information content (AvgIpc) is 2.87. The summed E-state index contributed by atoms with van der Waals surface area (Å²) in [5.41, 5.74) is 1.11. The van der Waals surface area contributed by atoms with E-state index in [1.165, 1.54) is 4.90 Å². The van der Waals surface area contributed by atoms with Gasteiger partial charge in [-0.05, 0) is 12.1 Å². The highest BCUT2D eigenvalue weighted by Crippen LogP contribution is 2.24. The second kappa shape index (κ2) is 5.13. The number of aromatic nitrogens is 2. The van der Waals surface area contributed by atoms with Crippen LogP contribution >= 0.6 is 0 Å². The standard InChI is InChI=1S/C14H14FN3O2/c15-9-5-10(8-19)18(7-9)14(20)11-1-4-17-13-2-3-16-6-12(11)13/h1-4,6,9-10,19H,5,7-8H2/t9-,10-/m0/s1. The molecule has 1 aliphatic rings. The Morgan fingerprint density at radius 3 is 3.10 bits per heavy atom. The Hall–Kier alpha value is -2.08. The predicted molar refractivity (Wildman–Crippen MR) is 71.0 cm³/mol. The van der Waals surface area contributed by atoms with Crippen LogP contribution in [0.1, 0.15) is 16.8 Å². The van der Waals surface area contributed by atoms with Crippen LogP contribution in [-0.4, -0.2) is 51.2 Å². The second-order valence-corrected chi connectivity index (χ2v) is 4.88. The Morgan fingerprint density at radius 1 is 1.45 bits per heavy atom. The van der Waals surface area contributed by atoms with Gasteiger partial charge < -0.3 is 10.0 Å². The highest BCUT2D eigenvalue weighted by molar-refractivity contribution is 6.05. The van der Waals surface area contributed by atoms with Gasteiger partial charge in [0.2, 0.25) is 0 Å². The van der Waals surface area contributed by atoms with Crippen LogP contribution in [0.15, 0.2) is 30.7 Å². The van der Waals surface area contributed by atoms with Crippen molar-refractivity contribution in [3.05, 3.63) is 36.3 Å². The Bertz CT molecular complexity index is 644. The molecule has 0 saturated carbocycles. The zero-order valence-corrected chi connectivity index (χ0v) is 10.7. The lowest BCUT2D eigenvalue weighted by atomic mass is 10.1. The molecule has 3 rings (SSSR count). The molecule has 1 saturated heterocycles. The highest BCUT2D eigenvalue weighted by atomic mass is 19.1. The van der Waals surface area contributed by atoms with Crippen LogP contribution in [0.4, 0.5) is 4.39 Å². The van der Waals surface area contributed by atoms with Crippen LogP contribution in [0.5, 0.6) is 0 Å². The molecule has 1 N–H and O–H groups in total. The van der Waals surface area contributed by atoms with E-state index in [2.05, 4.69) is 9.97 Å². The molecule has 6 heteroatoms. The summed E-state index contributed by atoms with van der Waals surface area (Å²) in [5, 5.41) is 9.92. The molecule has 0 aliphatic carbocycles. The van der Waals surface area contributed by atoms with Gasteiger partial charge in [-0.25, -0.2) is 4.39 Å². The maximum Gasteiger partial charge on any atom is 0.255 e. The van der Waals surface area contributed by atoms with Gasteiger partial charge in [0.15, 0.2) is 0 Å². The van der Waals surface area contributed by atoms with Gasteiger partial charge in [-0.2, -0.15) is 0 Å². The summed E-state index contributed by atoms with van der Waals surface area (Å²) in [7, 11) is 0. The van der Waals surface area contributed by atoms with Gasteiger partial charge in [0.1, 0.15) is 6.17 Å². The Morgan fingerprint density at radius 2 is 2.30 bits per heavy atom. The van der Waals surface area contributed by atoms with Crippen LogP contribution in [-0.2, 0) is 0 Å². The third kappa shape index (κ3) is 2.12. The number of rotatable bonds is 2. The van der Waals surface area contributed by atoms with Crippen molar-refractivity contribution in [2.45, 2.75) is 18.6 Å². The molecule has 2 atom stereocenters. The van der Waals surface area contributed by atoms with Crippen LogP contribution in [0.2, 0.25) is 0 Å². The number of hydrogen-bond acceptors (Lipinski definition) is 4. The smallest absolute Gasteiger partial charge is 0.255 e. The second-order valence-electron chi connectivity index (χ2n) is 4.88. The maximum atomic E-state index is 13.5. The van der Waals surface area contributed by atoms with E-state index in [0.29, 0.717) is 16.5 Å². The number of alkyl halides is 1. The minimum Gasteiger partial charge on any atom is -0.394 e. The molecule has 20 heavy (non-hydrogen) atoms. The van der Waals surface area contributed by atoms with Crippen molar-refractivity contribution in [1.82, 2.24) is 14.9 Å². The summed E-state index contributed by atoms with van der Waals surface area (Å²) >= 11 is 0. The minimum atomic E-state index is -1.08. The fourth-order valence-electron chi connectivity index (χ4n) is 2.61. The van der Waals surface area contributed by atoms with Crippen molar-refractivity contribution < 1.29 is 14.3 Å². The summed E-state index contributed by atoms with van der Waals surface area (Å²) in [6.07, 6.45) is 3.83. The first-order valence-corrected chi connectivity index (χ1v) is 6.45. The first kappa shape index (κ1) is 12.9. The number of hydrogen-bond donors (Lipinski definition) is 1. The van der Waals surface area contributed by atoms with E-state index < -0.39 is 12.2 Å². The van der Waals surface area contributed by atoms with Crippen LogP contribution in [0.25, 0.3) is 10.9 Å². The Labute approximate surface area is 115 Å². The van der Waals surface area contributed by atoms with Gasteiger partial charge in [-0.3, -0.25) is 14.8 Å². The monoisotopic (exact) mass is 275 g/mol. The molecule has 1 fully saturated rings. The first-order valence-electron chi connectivity index (χ1n) is 6.45. The molecule has 104 valence electrons. The van der Waals surface area contributed by atoms with Crippen molar-refractivity contribution in [1.29, 1.82) is 0 Å². The van der Waals surface area contributed by atoms with Gasteiger partial charge in [0.05, 0.1) is 30.3 Å². The van der Waals surface area contributed by atoms with E-state index in [-0.39, 0.29) is 25.5 Å². The quantitative estimate of drug-likeness (QED) is 0.893. The topological polar surface area (TPSA) is 66.3 Å². The SMILES string of the molecule is O=C(c1ccnc2ccncc12)N1C[C@@H](F)C[C@H]1CO. The van der Waals surface area contributed by atoms with Gasteiger partial charge in [-0.1, -0.05) is 0 Å². The molecule has 0 radical (unpaired) electrons. The molecule has 0 unspecified atom stereocenters. The van der Waals surface area contributed by atoms with Gasteiger partial charge in [0, 0.05) is 30.4 Å². The molecule has 1 aliphatic heterocycles. The van der Waals surface area contributed by atoms with E-state index in [9.17, 15) is 14.3 Å². The summed E-state index contributed by atoms with van der Waals surface area (Å²) in [6.45, 7) is -0.207. The predicted octanol–water partition coefficient (Wildman–Crippen LogP) is 1.17. The van der Waals surface area contributed by atoms with E-state index in [0.717, 1.165) is 0 Å². The molecular formula is C14H14FN3O2. The zero-order chi connectivity index (χ0) is 14.1. The maximum absolute atomic E-state index is 13.5. The number of halogens is 1. The van der Waals surface area contributed by atoms with Gasteiger partial charge in [-0.15, -0.1) is 0 Å². The minimum absolute atomic E-state index is 0.0220. The van der Waals surface area contributed by atoms with Crippen LogP contribution in [0.3, 0.4) is 0 Å². The summed E-state index contributed by atoms with van der Waals surface area (Å²) in [6, 6.07) is 2.86. The van der Waals surface area contributed by atoms with Crippen molar-refractivity contribution >= 4 is 16.8 Å². The summed E-state index contributed by atoms with van der Waals surface area (Å²) in [4.78, 5) is 22.1. The van der Waals surface area contributed by atoms with Crippen molar-refractivity contribution in [2.24, 2.45) is 0 Å². The first-order chi connectivity index (χ1) is 9.70. The summed E-state index contributed by atoms with van der Waals surface area (Å²) < 4.78 is 13.5. The fraction of sp³-hybridized carbons (Fsp3) is 0.357. The summed E-state index contributed by atoms with van der Waals surface area (Å²) in [5.74, 6) is -0.287. The highest BCUT2D eigenvalue weighted by Gasteiger charge is 2.35. The van der Waals surface area contributed by atoms with Crippen LogP contribution in [0, 0.1) is 0 Å². The number of fused-ring (bicyclic) bond motifs is 1. The Kier molecular flexibility index (Phi) is 3.31. The number of nitrogens with zero attached hydrogens (tertiary/aromatic N) is 3.